The maximum atomic E-state index is 4.53. The van der Waals surface area contributed by atoms with Gasteiger partial charge >= 0.3 is 0 Å². The molecule has 4 rings (SSSR count). The van der Waals surface area contributed by atoms with Crippen LogP contribution in [0.2, 0.25) is 0 Å². The van der Waals surface area contributed by atoms with Gasteiger partial charge in [0, 0.05) is 11.1 Å². The lowest BCUT2D eigenvalue weighted by atomic mass is 10.0. The van der Waals surface area contributed by atoms with E-state index in [-0.39, 0.29) is 0 Å². The van der Waals surface area contributed by atoms with Crippen LogP contribution in [0.4, 0.5) is 0 Å². The molecule has 4 aromatic rings. The van der Waals surface area contributed by atoms with Gasteiger partial charge in [0.25, 0.3) is 0 Å². The van der Waals surface area contributed by atoms with Crippen molar-refractivity contribution >= 4 is 11.9 Å². The second-order valence-corrected chi connectivity index (χ2v) is 6.41. The van der Waals surface area contributed by atoms with E-state index < -0.39 is 0 Å². The quantitative estimate of drug-likeness (QED) is 0.298. The van der Waals surface area contributed by atoms with Crippen LogP contribution in [0.1, 0.15) is 16.7 Å². The molecule has 2 heteroatoms. The van der Waals surface area contributed by atoms with E-state index in [4.69, 9.17) is 0 Å². The number of nitrogens with zero attached hydrogens (tertiary/aromatic N) is 2. The summed E-state index contributed by atoms with van der Waals surface area (Å²) in [4.78, 5) is 0. The zero-order chi connectivity index (χ0) is 19.0. The Morgan fingerprint density at radius 1 is 0.500 bits per heavy atom. The molecule has 28 heavy (non-hydrogen) atoms. The molecule has 0 aromatic heterocycles. The van der Waals surface area contributed by atoms with Gasteiger partial charge in [0.1, 0.15) is 5.71 Å². The highest BCUT2D eigenvalue weighted by molar-refractivity contribution is 6.12. The topological polar surface area (TPSA) is 24.7 Å². The predicted octanol–water partition coefficient (Wildman–Crippen LogP) is 6.23. The summed E-state index contributed by atoms with van der Waals surface area (Å²) in [5.41, 5.74) is 6.37. The summed E-state index contributed by atoms with van der Waals surface area (Å²) in [6, 6.07) is 39.0. The van der Waals surface area contributed by atoms with Crippen LogP contribution < -0.4 is 0 Å². The fourth-order valence-corrected chi connectivity index (χ4v) is 3.02. The first-order chi connectivity index (χ1) is 13.9. The smallest absolute Gasteiger partial charge is 0.100 e. The van der Waals surface area contributed by atoms with Gasteiger partial charge in [0.2, 0.25) is 0 Å². The number of benzene rings is 4. The monoisotopic (exact) mass is 360 g/mol. The van der Waals surface area contributed by atoms with E-state index in [1.54, 1.807) is 6.21 Å². The molecule has 4 aromatic carbocycles. The minimum atomic E-state index is 0.860. The normalized spacial score (nSPS) is 10.7. The Kier molecular flexibility index (Phi) is 5.50. The third kappa shape index (κ3) is 4.30. The molecule has 0 radical (unpaired) electrons. The highest BCUT2D eigenvalue weighted by Gasteiger charge is 2.05. The van der Waals surface area contributed by atoms with E-state index in [9.17, 15) is 0 Å². The number of rotatable bonds is 5. The van der Waals surface area contributed by atoms with Gasteiger partial charge in [-0.2, -0.15) is 5.10 Å². The summed E-state index contributed by atoms with van der Waals surface area (Å²) in [5.74, 6) is 0. The van der Waals surface area contributed by atoms with Crippen molar-refractivity contribution < 1.29 is 0 Å². The molecule has 0 N–H and O–H groups in total. The van der Waals surface area contributed by atoms with E-state index in [1.807, 2.05) is 54.6 Å². The Hall–Kier alpha value is -3.78. The molecule has 0 aliphatic heterocycles. The van der Waals surface area contributed by atoms with Crippen molar-refractivity contribution in [2.45, 2.75) is 0 Å². The minimum absolute atomic E-state index is 0.860. The van der Waals surface area contributed by atoms with E-state index in [1.165, 1.54) is 11.1 Å². The van der Waals surface area contributed by atoms with Crippen LogP contribution in [0.5, 0.6) is 0 Å². The lowest BCUT2D eigenvalue weighted by Crippen LogP contribution is -2.02. The Morgan fingerprint density at radius 2 is 0.964 bits per heavy atom. The van der Waals surface area contributed by atoms with Crippen LogP contribution in [0.25, 0.3) is 11.1 Å². The van der Waals surface area contributed by atoms with Gasteiger partial charge in [-0.15, -0.1) is 5.10 Å². The summed E-state index contributed by atoms with van der Waals surface area (Å²) in [6.45, 7) is 0. The largest absolute Gasteiger partial charge is 0.158 e. The summed E-state index contributed by atoms with van der Waals surface area (Å²) in [5, 5.41) is 8.89. The number of hydrogen-bond donors (Lipinski definition) is 0. The molecule has 0 spiro atoms. The fourth-order valence-electron chi connectivity index (χ4n) is 3.02. The third-order valence-electron chi connectivity index (χ3n) is 4.48. The average Bonchev–Trinajstić information content (AvgIpc) is 2.79. The van der Waals surface area contributed by atoms with Crippen molar-refractivity contribution in [2.24, 2.45) is 10.2 Å². The lowest BCUT2D eigenvalue weighted by molar-refractivity contribution is 1.24. The highest BCUT2D eigenvalue weighted by Crippen LogP contribution is 2.18. The second-order valence-electron chi connectivity index (χ2n) is 6.41. The molecule has 0 heterocycles. The highest BCUT2D eigenvalue weighted by atomic mass is 15.2. The van der Waals surface area contributed by atoms with E-state index >= 15 is 0 Å². The van der Waals surface area contributed by atoms with Crippen molar-refractivity contribution in [3.8, 4) is 11.1 Å². The first-order valence-corrected chi connectivity index (χ1v) is 9.27. The van der Waals surface area contributed by atoms with Crippen molar-refractivity contribution in [3.63, 3.8) is 0 Å². The van der Waals surface area contributed by atoms with Gasteiger partial charge in [0.15, 0.2) is 0 Å². The van der Waals surface area contributed by atoms with Gasteiger partial charge in [-0.3, -0.25) is 0 Å². The zero-order valence-corrected chi connectivity index (χ0v) is 15.4. The van der Waals surface area contributed by atoms with Crippen LogP contribution >= 0.6 is 0 Å². The first kappa shape index (κ1) is 17.6. The van der Waals surface area contributed by atoms with Gasteiger partial charge < -0.3 is 0 Å². The summed E-state index contributed by atoms with van der Waals surface area (Å²) in [7, 11) is 0. The molecule has 0 amide bonds. The van der Waals surface area contributed by atoms with Gasteiger partial charge in [-0.1, -0.05) is 115 Å². The number of hydrogen-bond acceptors (Lipinski definition) is 2. The van der Waals surface area contributed by atoms with Crippen LogP contribution in [-0.4, -0.2) is 11.9 Å². The Morgan fingerprint density at radius 3 is 1.50 bits per heavy atom. The van der Waals surface area contributed by atoms with Crippen molar-refractivity contribution in [3.05, 3.63) is 132 Å². The summed E-state index contributed by atoms with van der Waals surface area (Å²) in [6.07, 6.45) is 1.79. The fraction of sp³-hybridized carbons (Fsp3) is 0. The van der Waals surface area contributed by atoms with Gasteiger partial charge in [-0.25, -0.2) is 0 Å². The van der Waals surface area contributed by atoms with Crippen LogP contribution in [0.3, 0.4) is 0 Å². The zero-order valence-electron chi connectivity index (χ0n) is 15.4. The molecule has 0 aliphatic rings. The average molecular weight is 360 g/mol. The second kappa shape index (κ2) is 8.74. The molecule has 0 atom stereocenters. The van der Waals surface area contributed by atoms with Crippen molar-refractivity contribution in [1.82, 2.24) is 0 Å². The summed E-state index contributed by atoms with van der Waals surface area (Å²) >= 11 is 0. The maximum absolute atomic E-state index is 4.53. The third-order valence-corrected chi connectivity index (χ3v) is 4.48. The molecule has 0 unspecified atom stereocenters. The lowest BCUT2D eigenvalue weighted by Gasteiger charge is -2.05. The van der Waals surface area contributed by atoms with E-state index in [0.717, 1.165) is 22.4 Å². The Labute approximate surface area is 165 Å². The molecule has 0 fully saturated rings. The van der Waals surface area contributed by atoms with E-state index in [0.29, 0.717) is 0 Å². The molecule has 0 saturated carbocycles. The Bertz CT molecular complexity index is 1020. The molecule has 0 saturated heterocycles. The molecular weight excluding hydrogens is 340 g/mol. The first-order valence-electron chi connectivity index (χ1n) is 9.27. The van der Waals surface area contributed by atoms with Crippen molar-refractivity contribution in [1.29, 1.82) is 0 Å². The molecule has 134 valence electrons. The van der Waals surface area contributed by atoms with Gasteiger partial charge in [-0.05, 0) is 16.7 Å². The van der Waals surface area contributed by atoms with Gasteiger partial charge in [0.05, 0.1) is 6.21 Å². The molecule has 0 aliphatic carbocycles. The molecule has 2 nitrogen and oxygen atoms in total. The standard InChI is InChI=1S/C26H20N2/c1-4-10-22(11-5-1)23-18-16-21(17-19-23)20-27-28-26(24-12-6-2-7-13-24)25-14-8-3-9-15-25/h1-20H. The molecular formula is C26H20N2. The van der Waals surface area contributed by atoms with Crippen LogP contribution in [0, 0.1) is 0 Å². The van der Waals surface area contributed by atoms with Crippen LogP contribution in [0.15, 0.2) is 125 Å². The van der Waals surface area contributed by atoms with E-state index in [2.05, 4.69) is 70.9 Å². The van der Waals surface area contributed by atoms with Crippen molar-refractivity contribution in [2.75, 3.05) is 0 Å². The molecule has 0 bridgehead atoms. The predicted molar refractivity (Wildman–Crippen MR) is 118 cm³/mol. The summed E-state index contributed by atoms with van der Waals surface area (Å²) < 4.78 is 0. The Balaban J connectivity index is 1.59. The maximum Gasteiger partial charge on any atom is 0.100 e. The SMILES string of the molecule is C(=NN=C(c1ccccc1)c1ccccc1)c1ccc(-c2ccccc2)cc1. The minimum Gasteiger partial charge on any atom is -0.158 e. The van der Waals surface area contributed by atoms with Crippen LogP contribution in [-0.2, 0) is 0 Å².